The van der Waals surface area contributed by atoms with Crippen LogP contribution in [0.4, 0.5) is 0 Å². The Morgan fingerprint density at radius 3 is 2.43 bits per heavy atom. The molecule has 8 heteroatoms. The van der Waals surface area contributed by atoms with E-state index in [1.165, 1.54) is 0 Å². The van der Waals surface area contributed by atoms with Crippen molar-refractivity contribution in [2.75, 3.05) is 39.9 Å². The molecule has 2 heterocycles. The highest BCUT2D eigenvalue weighted by molar-refractivity contribution is 14.0. The quantitative estimate of drug-likeness (QED) is 0.584. The second kappa shape index (κ2) is 9.82. The first-order valence-corrected chi connectivity index (χ1v) is 9.15. The van der Waals surface area contributed by atoms with E-state index in [2.05, 4.69) is 28.6 Å². The van der Waals surface area contributed by atoms with Crippen LogP contribution in [-0.2, 0) is 11.3 Å². The monoisotopic (exact) mass is 501 g/mol. The summed E-state index contributed by atoms with van der Waals surface area (Å²) in [6.07, 6.45) is 0. The lowest BCUT2D eigenvalue weighted by Crippen LogP contribution is -2.56. The number of oxazole rings is 1. The highest BCUT2D eigenvalue weighted by Gasteiger charge is 2.31. The summed E-state index contributed by atoms with van der Waals surface area (Å²) < 4.78 is 11.2. The third-order valence-corrected chi connectivity index (χ3v) is 5.01. The number of ether oxygens (including phenoxy) is 1. The van der Waals surface area contributed by atoms with Crippen molar-refractivity contribution in [3.8, 4) is 11.5 Å². The van der Waals surface area contributed by atoms with E-state index < -0.39 is 5.97 Å². The molecule has 0 aliphatic carbocycles. The Kier molecular flexibility index (Phi) is 7.99. The Bertz CT molecular complexity index is 771. The minimum absolute atomic E-state index is 0. The highest BCUT2D eigenvalue weighted by Crippen LogP contribution is 2.24. The normalized spacial score (nSPS) is 16.0. The molecule has 0 atom stereocenters. The van der Waals surface area contributed by atoms with Gasteiger partial charge in [0.15, 0.2) is 11.5 Å². The number of benzene rings is 1. The number of methoxy groups -OCH3 is 1. The zero-order valence-electron chi connectivity index (χ0n) is 16.6. The molecular weight excluding hydrogens is 473 g/mol. The van der Waals surface area contributed by atoms with Gasteiger partial charge in [-0.2, -0.15) is 0 Å². The molecule has 2 aromatic rings. The summed E-state index contributed by atoms with van der Waals surface area (Å²) in [7, 11) is 1.72. The third kappa shape index (κ3) is 5.31. The highest BCUT2D eigenvalue weighted by atomic mass is 127. The van der Waals surface area contributed by atoms with Crippen molar-refractivity contribution in [3.05, 3.63) is 41.8 Å². The Morgan fingerprint density at radius 1 is 1.21 bits per heavy atom. The lowest BCUT2D eigenvalue weighted by molar-refractivity contribution is -0.000399. The number of hydrogen-bond acceptors (Lipinski definition) is 6. The molecule has 1 aromatic carbocycles. The standard InChI is InChI=1S/C20H27N3O4.HI/c1-20(2,14-26-3)23-11-9-22(10-12-23)13-16-17(19(24)25)21-18(27-16)15-7-5-4-6-8-15;/h4-8H,9-14H2,1-3H3,(H,24,25);1H. The second-order valence-corrected chi connectivity index (χ2v) is 7.47. The lowest BCUT2D eigenvalue weighted by Gasteiger charge is -2.43. The Morgan fingerprint density at radius 2 is 1.86 bits per heavy atom. The zero-order chi connectivity index (χ0) is 19.4. The van der Waals surface area contributed by atoms with Crippen LogP contribution in [0.1, 0.15) is 30.1 Å². The van der Waals surface area contributed by atoms with E-state index in [4.69, 9.17) is 9.15 Å². The minimum atomic E-state index is -1.06. The number of halogens is 1. The number of hydrogen-bond donors (Lipinski definition) is 1. The fourth-order valence-electron chi connectivity index (χ4n) is 3.49. The average Bonchev–Trinajstić information content (AvgIpc) is 3.07. The molecule has 7 nitrogen and oxygen atoms in total. The summed E-state index contributed by atoms with van der Waals surface area (Å²) >= 11 is 0. The summed E-state index contributed by atoms with van der Waals surface area (Å²) in [6.45, 7) is 8.96. The van der Waals surface area contributed by atoms with Gasteiger partial charge >= 0.3 is 5.97 Å². The summed E-state index contributed by atoms with van der Waals surface area (Å²) in [5.74, 6) is -0.301. The summed E-state index contributed by atoms with van der Waals surface area (Å²) in [4.78, 5) is 20.4. The first-order valence-electron chi connectivity index (χ1n) is 9.15. The molecule has 0 unspecified atom stereocenters. The summed E-state index contributed by atoms with van der Waals surface area (Å²) in [5.41, 5.74) is 0.758. The topological polar surface area (TPSA) is 79.0 Å². The van der Waals surface area contributed by atoms with Gasteiger partial charge in [0.1, 0.15) is 0 Å². The average molecular weight is 501 g/mol. The van der Waals surface area contributed by atoms with Crippen molar-refractivity contribution in [3.63, 3.8) is 0 Å². The molecule has 0 radical (unpaired) electrons. The van der Waals surface area contributed by atoms with E-state index >= 15 is 0 Å². The van der Waals surface area contributed by atoms with Crippen LogP contribution in [0.5, 0.6) is 0 Å². The van der Waals surface area contributed by atoms with Crippen LogP contribution >= 0.6 is 24.0 Å². The third-order valence-electron chi connectivity index (χ3n) is 5.01. The van der Waals surface area contributed by atoms with Gasteiger partial charge in [0.2, 0.25) is 5.89 Å². The molecule has 1 aliphatic rings. The van der Waals surface area contributed by atoms with E-state index in [0.717, 1.165) is 31.7 Å². The number of piperazine rings is 1. The van der Waals surface area contributed by atoms with Crippen molar-refractivity contribution in [2.45, 2.75) is 25.9 Å². The molecule has 154 valence electrons. The molecule has 1 fully saturated rings. The van der Waals surface area contributed by atoms with Gasteiger partial charge in [0.05, 0.1) is 13.2 Å². The lowest BCUT2D eigenvalue weighted by atomic mass is 10.0. The Labute approximate surface area is 182 Å². The number of carboxylic acid groups (broad SMARTS) is 1. The number of aromatic nitrogens is 1. The molecule has 0 saturated carbocycles. The predicted octanol–water partition coefficient (Wildman–Crippen LogP) is 3.20. The maximum absolute atomic E-state index is 11.6. The Balaban J connectivity index is 0.00000280. The molecule has 0 amide bonds. The number of aromatic carboxylic acids is 1. The van der Waals surface area contributed by atoms with Gasteiger partial charge in [-0.3, -0.25) is 9.80 Å². The van der Waals surface area contributed by atoms with Crippen LogP contribution < -0.4 is 0 Å². The zero-order valence-corrected chi connectivity index (χ0v) is 18.9. The smallest absolute Gasteiger partial charge is 0.358 e. The number of carboxylic acids is 1. The summed E-state index contributed by atoms with van der Waals surface area (Å²) in [5, 5.41) is 9.50. The van der Waals surface area contributed by atoms with E-state index in [9.17, 15) is 9.90 Å². The molecule has 0 bridgehead atoms. The van der Waals surface area contributed by atoms with Crippen molar-refractivity contribution in [2.24, 2.45) is 0 Å². The van der Waals surface area contributed by atoms with Crippen molar-refractivity contribution >= 4 is 29.9 Å². The fraction of sp³-hybridized carbons (Fsp3) is 0.500. The number of rotatable bonds is 7. The SMILES string of the molecule is COCC(C)(C)N1CCN(Cc2oc(-c3ccccc3)nc2C(=O)O)CC1.I. The van der Waals surface area contributed by atoms with Crippen molar-refractivity contribution in [1.82, 2.24) is 14.8 Å². The molecule has 28 heavy (non-hydrogen) atoms. The van der Waals surface area contributed by atoms with Crippen molar-refractivity contribution in [1.29, 1.82) is 0 Å². The second-order valence-electron chi connectivity index (χ2n) is 7.47. The molecule has 1 aliphatic heterocycles. The Hall–Kier alpha value is -1.49. The minimum Gasteiger partial charge on any atom is -0.476 e. The predicted molar refractivity (Wildman–Crippen MR) is 117 cm³/mol. The largest absolute Gasteiger partial charge is 0.476 e. The van der Waals surface area contributed by atoms with E-state index in [0.29, 0.717) is 24.8 Å². The van der Waals surface area contributed by atoms with E-state index in [1.807, 2.05) is 30.3 Å². The molecule has 3 rings (SSSR count). The molecule has 1 aromatic heterocycles. The molecule has 0 spiro atoms. The summed E-state index contributed by atoms with van der Waals surface area (Å²) in [6, 6.07) is 9.37. The first-order chi connectivity index (χ1) is 12.9. The van der Waals surface area contributed by atoms with Gasteiger partial charge in [-0.15, -0.1) is 24.0 Å². The van der Waals surface area contributed by atoms with Crippen LogP contribution in [-0.4, -0.2) is 71.3 Å². The fourth-order valence-corrected chi connectivity index (χ4v) is 3.49. The van der Waals surface area contributed by atoms with Gasteiger partial charge < -0.3 is 14.3 Å². The van der Waals surface area contributed by atoms with Crippen LogP contribution in [0.15, 0.2) is 34.7 Å². The number of nitrogens with zero attached hydrogens (tertiary/aromatic N) is 3. The van der Waals surface area contributed by atoms with Gasteiger partial charge in [-0.1, -0.05) is 18.2 Å². The van der Waals surface area contributed by atoms with Crippen LogP contribution in [0.25, 0.3) is 11.5 Å². The molecule has 1 N–H and O–H groups in total. The molecule has 1 saturated heterocycles. The number of carbonyl (C=O) groups is 1. The van der Waals surface area contributed by atoms with Crippen LogP contribution in [0, 0.1) is 0 Å². The van der Waals surface area contributed by atoms with Gasteiger partial charge in [0.25, 0.3) is 0 Å². The van der Waals surface area contributed by atoms with Crippen molar-refractivity contribution < 1.29 is 19.1 Å². The van der Waals surface area contributed by atoms with Crippen LogP contribution in [0.2, 0.25) is 0 Å². The van der Waals surface area contributed by atoms with Crippen LogP contribution in [0.3, 0.4) is 0 Å². The first kappa shape index (κ1) is 22.8. The van der Waals surface area contributed by atoms with E-state index in [-0.39, 0.29) is 35.2 Å². The maximum Gasteiger partial charge on any atom is 0.358 e. The van der Waals surface area contributed by atoms with E-state index in [1.54, 1.807) is 7.11 Å². The maximum atomic E-state index is 11.6. The molecular formula is C20H28IN3O4. The van der Waals surface area contributed by atoms with Gasteiger partial charge in [-0.05, 0) is 26.0 Å². The van der Waals surface area contributed by atoms with Gasteiger partial charge in [-0.25, -0.2) is 9.78 Å². The van der Waals surface area contributed by atoms with Gasteiger partial charge in [0, 0.05) is 44.4 Å².